The quantitative estimate of drug-likeness (QED) is 0.685. The maximum atomic E-state index is 11.1. The van der Waals surface area contributed by atoms with Crippen molar-refractivity contribution in [1.29, 1.82) is 5.26 Å². The van der Waals surface area contributed by atoms with Gasteiger partial charge in [0.1, 0.15) is 12.3 Å². The number of amides is 1. The Labute approximate surface area is 93.7 Å². The van der Waals surface area contributed by atoms with Crippen molar-refractivity contribution in [2.75, 3.05) is 13.1 Å². The lowest BCUT2D eigenvalue weighted by Crippen LogP contribution is -2.33. The van der Waals surface area contributed by atoms with Crippen molar-refractivity contribution in [1.82, 2.24) is 15.6 Å². The smallest absolute Gasteiger partial charge is 0.234 e. The first-order valence-corrected chi connectivity index (χ1v) is 4.90. The first-order chi connectivity index (χ1) is 7.63. The number of hydrogen-bond acceptors (Lipinski definition) is 5. The van der Waals surface area contributed by atoms with Gasteiger partial charge in [-0.2, -0.15) is 5.26 Å². The zero-order valence-corrected chi connectivity index (χ0v) is 9.33. The molecule has 1 amide bonds. The molecule has 0 aromatic carbocycles. The zero-order valence-electron chi connectivity index (χ0n) is 9.33. The number of nitrogens with one attached hydrogen (secondary N) is 2. The number of hydrogen-bond donors (Lipinski definition) is 2. The van der Waals surface area contributed by atoms with Gasteiger partial charge in [-0.3, -0.25) is 10.1 Å². The van der Waals surface area contributed by atoms with Crippen molar-refractivity contribution >= 4 is 5.91 Å². The first-order valence-electron chi connectivity index (χ1n) is 4.90. The van der Waals surface area contributed by atoms with Crippen LogP contribution in [0.2, 0.25) is 0 Å². The van der Waals surface area contributed by atoms with Gasteiger partial charge in [0.05, 0.1) is 24.9 Å². The number of nitriles is 1. The Balaban J connectivity index is 2.25. The van der Waals surface area contributed by atoms with Crippen LogP contribution in [0.4, 0.5) is 0 Å². The standard InChI is InChI=1S/C10H14N4O2/c1-7-8(2)16-10(14-7)6-12-5-9(15)13-4-3-11/h12H,4-6H2,1-2H3,(H,13,15). The average Bonchev–Trinajstić information content (AvgIpc) is 2.55. The molecule has 2 N–H and O–H groups in total. The first kappa shape index (κ1) is 12.2. The Hall–Kier alpha value is -1.87. The molecule has 6 heteroatoms. The number of rotatable bonds is 5. The van der Waals surface area contributed by atoms with E-state index in [2.05, 4.69) is 15.6 Å². The molecule has 1 aromatic heterocycles. The Morgan fingerprint density at radius 1 is 1.56 bits per heavy atom. The highest BCUT2D eigenvalue weighted by Gasteiger charge is 2.05. The summed E-state index contributed by atoms with van der Waals surface area (Å²) in [5.74, 6) is 1.12. The highest BCUT2D eigenvalue weighted by Crippen LogP contribution is 2.07. The number of nitrogens with zero attached hydrogens (tertiary/aromatic N) is 2. The van der Waals surface area contributed by atoms with Gasteiger partial charge in [-0.1, -0.05) is 0 Å². The molecule has 0 bridgehead atoms. The normalized spacial score (nSPS) is 9.81. The van der Waals surface area contributed by atoms with Crippen molar-refractivity contribution in [3.05, 3.63) is 17.3 Å². The Morgan fingerprint density at radius 3 is 2.88 bits per heavy atom. The van der Waals surface area contributed by atoms with Crippen molar-refractivity contribution in [2.24, 2.45) is 0 Å². The zero-order chi connectivity index (χ0) is 12.0. The van der Waals surface area contributed by atoms with E-state index in [4.69, 9.17) is 9.68 Å². The van der Waals surface area contributed by atoms with Gasteiger partial charge in [-0.05, 0) is 13.8 Å². The van der Waals surface area contributed by atoms with Crippen LogP contribution in [0, 0.1) is 25.2 Å². The second kappa shape index (κ2) is 5.88. The summed E-state index contributed by atoms with van der Waals surface area (Å²) in [5, 5.41) is 13.5. The number of carbonyl (C=O) groups excluding carboxylic acids is 1. The minimum Gasteiger partial charge on any atom is -0.444 e. The third kappa shape index (κ3) is 3.71. The maximum absolute atomic E-state index is 11.1. The minimum atomic E-state index is -0.221. The van der Waals surface area contributed by atoms with Gasteiger partial charge in [-0.15, -0.1) is 0 Å². The molecule has 0 unspecified atom stereocenters. The summed E-state index contributed by atoms with van der Waals surface area (Å²) in [5.41, 5.74) is 0.853. The molecule has 0 aliphatic heterocycles. The van der Waals surface area contributed by atoms with Crippen LogP contribution in [-0.4, -0.2) is 24.0 Å². The van der Waals surface area contributed by atoms with Crippen molar-refractivity contribution in [3.63, 3.8) is 0 Å². The van der Waals surface area contributed by atoms with Crippen LogP contribution in [0.5, 0.6) is 0 Å². The molecule has 0 radical (unpaired) electrons. The average molecular weight is 222 g/mol. The Morgan fingerprint density at radius 2 is 2.31 bits per heavy atom. The largest absolute Gasteiger partial charge is 0.444 e. The van der Waals surface area contributed by atoms with Crippen LogP contribution in [0.1, 0.15) is 17.3 Å². The van der Waals surface area contributed by atoms with E-state index in [9.17, 15) is 4.79 Å². The van der Waals surface area contributed by atoms with Gasteiger partial charge >= 0.3 is 0 Å². The monoisotopic (exact) mass is 222 g/mol. The lowest BCUT2D eigenvalue weighted by molar-refractivity contribution is -0.120. The van der Waals surface area contributed by atoms with Gasteiger partial charge in [0.25, 0.3) is 0 Å². The van der Waals surface area contributed by atoms with Crippen molar-refractivity contribution in [3.8, 4) is 6.07 Å². The summed E-state index contributed by atoms with van der Waals surface area (Å²) in [6, 6.07) is 1.83. The lowest BCUT2D eigenvalue weighted by Gasteiger charge is -2.01. The number of aryl methyl sites for hydroxylation is 2. The molecule has 0 aliphatic rings. The fourth-order valence-corrected chi connectivity index (χ4v) is 1.10. The van der Waals surface area contributed by atoms with E-state index in [1.54, 1.807) is 0 Å². The number of carbonyl (C=O) groups is 1. The second-order valence-corrected chi connectivity index (χ2v) is 3.29. The number of aromatic nitrogens is 1. The van der Waals surface area contributed by atoms with Crippen LogP contribution in [0.25, 0.3) is 0 Å². The van der Waals surface area contributed by atoms with Crippen LogP contribution in [0.3, 0.4) is 0 Å². The van der Waals surface area contributed by atoms with Crippen molar-refractivity contribution < 1.29 is 9.21 Å². The molecule has 0 fully saturated rings. The molecule has 1 aromatic rings. The lowest BCUT2D eigenvalue weighted by atomic mass is 10.4. The fraction of sp³-hybridized carbons (Fsp3) is 0.500. The SMILES string of the molecule is Cc1nc(CNCC(=O)NCC#N)oc1C. The summed E-state index contributed by atoms with van der Waals surface area (Å²) >= 11 is 0. The van der Waals surface area contributed by atoms with Gasteiger partial charge in [0.15, 0.2) is 0 Å². The van der Waals surface area contributed by atoms with E-state index < -0.39 is 0 Å². The summed E-state index contributed by atoms with van der Waals surface area (Å²) in [6.07, 6.45) is 0. The molecule has 0 saturated carbocycles. The van der Waals surface area contributed by atoms with Gasteiger partial charge < -0.3 is 9.73 Å². The molecule has 0 aliphatic carbocycles. The molecule has 0 saturated heterocycles. The van der Waals surface area contributed by atoms with E-state index >= 15 is 0 Å². The predicted octanol–water partition coefficient (Wildman–Crippen LogP) is 0.0208. The summed E-state index contributed by atoms with van der Waals surface area (Å²) < 4.78 is 5.32. The van der Waals surface area contributed by atoms with Crippen molar-refractivity contribution in [2.45, 2.75) is 20.4 Å². The van der Waals surface area contributed by atoms with Crippen LogP contribution < -0.4 is 10.6 Å². The highest BCUT2D eigenvalue weighted by atomic mass is 16.4. The molecule has 0 atom stereocenters. The van der Waals surface area contributed by atoms with Gasteiger partial charge in [0.2, 0.25) is 11.8 Å². The topological polar surface area (TPSA) is 91.0 Å². The van der Waals surface area contributed by atoms with Crippen LogP contribution in [-0.2, 0) is 11.3 Å². The third-order valence-corrected chi connectivity index (χ3v) is 2.00. The minimum absolute atomic E-state index is 0.0255. The molecule has 86 valence electrons. The van der Waals surface area contributed by atoms with E-state index in [1.165, 1.54) is 0 Å². The van der Waals surface area contributed by atoms with Crippen LogP contribution in [0.15, 0.2) is 4.42 Å². The third-order valence-electron chi connectivity index (χ3n) is 2.00. The van der Waals surface area contributed by atoms with Crippen LogP contribution >= 0.6 is 0 Å². The van der Waals surface area contributed by atoms with Gasteiger partial charge in [-0.25, -0.2) is 4.98 Å². The summed E-state index contributed by atoms with van der Waals surface area (Å²) in [7, 11) is 0. The fourth-order valence-electron chi connectivity index (χ4n) is 1.10. The summed E-state index contributed by atoms with van der Waals surface area (Å²) in [6.45, 7) is 4.27. The van der Waals surface area contributed by atoms with E-state index in [0.717, 1.165) is 11.5 Å². The van der Waals surface area contributed by atoms with Gasteiger partial charge in [0, 0.05) is 0 Å². The second-order valence-electron chi connectivity index (χ2n) is 3.29. The highest BCUT2D eigenvalue weighted by molar-refractivity contribution is 5.78. The molecular formula is C10H14N4O2. The van der Waals surface area contributed by atoms with E-state index in [-0.39, 0.29) is 19.0 Å². The van der Waals surface area contributed by atoms with E-state index in [1.807, 2.05) is 19.9 Å². The molecule has 0 spiro atoms. The predicted molar refractivity (Wildman–Crippen MR) is 56.3 cm³/mol. The molecule has 1 heterocycles. The molecular weight excluding hydrogens is 208 g/mol. The Kier molecular flexibility index (Phi) is 4.48. The molecule has 16 heavy (non-hydrogen) atoms. The maximum Gasteiger partial charge on any atom is 0.234 e. The summed E-state index contributed by atoms with van der Waals surface area (Å²) in [4.78, 5) is 15.2. The van der Waals surface area contributed by atoms with E-state index in [0.29, 0.717) is 12.4 Å². The number of oxazole rings is 1. The Bertz CT molecular complexity index is 386. The molecule has 6 nitrogen and oxygen atoms in total. The molecule has 1 rings (SSSR count).